The van der Waals surface area contributed by atoms with Crippen molar-refractivity contribution in [2.45, 2.75) is 51.4 Å². The summed E-state index contributed by atoms with van der Waals surface area (Å²) in [6.45, 7) is 3.84. The molecule has 1 amide bonds. The molecule has 1 aromatic carbocycles. The van der Waals surface area contributed by atoms with Gasteiger partial charge in [-0.25, -0.2) is 0 Å². The van der Waals surface area contributed by atoms with E-state index < -0.39 is 16.8 Å². The van der Waals surface area contributed by atoms with E-state index in [1.54, 1.807) is 7.11 Å². The van der Waals surface area contributed by atoms with Crippen LogP contribution in [0.3, 0.4) is 0 Å². The van der Waals surface area contributed by atoms with E-state index in [1.807, 2.05) is 38.1 Å². The lowest BCUT2D eigenvalue weighted by Crippen LogP contribution is -2.48. The highest BCUT2D eigenvalue weighted by molar-refractivity contribution is 5.88. The molecule has 0 aromatic heterocycles. The first kappa shape index (κ1) is 18.3. The standard InChI is InChI=1S/C19H27NO4/c1-18(2,14-9-5-6-10-15(14)24-3)16(21)20-13-19(17(22)23)11-7-4-8-12-19/h5-6,9-10H,4,7-8,11-13H2,1-3H3,(H,20,21)(H,22,23). The van der Waals surface area contributed by atoms with Crippen molar-refractivity contribution in [1.82, 2.24) is 5.32 Å². The summed E-state index contributed by atoms with van der Waals surface area (Å²) >= 11 is 0. The van der Waals surface area contributed by atoms with Crippen molar-refractivity contribution in [3.8, 4) is 5.75 Å². The number of nitrogens with one attached hydrogen (secondary N) is 1. The van der Waals surface area contributed by atoms with Crippen LogP contribution in [0.5, 0.6) is 5.75 Å². The number of benzene rings is 1. The molecule has 2 N–H and O–H groups in total. The maximum absolute atomic E-state index is 12.8. The zero-order valence-electron chi connectivity index (χ0n) is 14.7. The summed E-state index contributed by atoms with van der Waals surface area (Å²) in [4.78, 5) is 24.5. The molecule has 5 heteroatoms. The Morgan fingerprint density at radius 1 is 1.21 bits per heavy atom. The van der Waals surface area contributed by atoms with Gasteiger partial charge in [-0.2, -0.15) is 0 Å². The van der Waals surface area contributed by atoms with E-state index in [-0.39, 0.29) is 12.5 Å². The normalized spacial score (nSPS) is 17.1. The molecule has 0 unspecified atom stereocenters. The summed E-state index contributed by atoms with van der Waals surface area (Å²) in [6, 6.07) is 7.42. The van der Waals surface area contributed by atoms with Crippen LogP contribution in [0.15, 0.2) is 24.3 Å². The highest BCUT2D eigenvalue weighted by Gasteiger charge is 2.41. The molecule has 1 fully saturated rings. The number of hydrogen-bond donors (Lipinski definition) is 2. The van der Waals surface area contributed by atoms with Gasteiger partial charge < -0.3 is 15.2 Å². The van der Waals surface area contributed by atoms with Gasteiger partial charge in [-0.1, -0.05) is 37.5 Å². The number of para-hydroxylation sites is 1. The van der Waals surface area contributed by atoms with Crippen LogP contribution in [0.2, 0.25) is 0 Å². The van der Waals surface area contributed by atoms with Gasteiger partial charge in [0.05, 0.1) is 17.9 Å². The second-order valence-corrected chi connectivity index (χ2v) is 7.15. The van der Waals surface area contributed by atoms with Crippen molar-refractivity contribution < 1.29 is 19.4 Å². The maximum Gasteiger partial charge on any atom is 0.311 e. The lowest BCUT2D eigenvalue weighted by molar-refractivity contribution is -0.151. The summed E-state index contributed by atoms with van der Waals surface area (Å²) in [5.74, 6) is -0.334. The lowest BCUT2D eigenvalue weighted by atomic mass is 9.73. The van der Waals surface area contributed by atoms with E-state index in [0.29, 0.717) is 18.6 Å². The summed E-state index contributed by atoms with van der Waals surface area (Å²) in [6.07, 6.45) is 4.11. The number of carbonyl (C=O) groups is 2. The first-order chi connectivity index (χ1) is 11.3. The van der Waals surface area contributed by atoms with E-state index in [1.165, 1.54) is 0 Å². The quantitative estimate of drug-likeness (QED) is 0.838. The molecule has 132 valence electrons. The SMILES string of the molecule is COc1ccccc1C(C)(C)C(=O)NCC1(C(=O)O)CCCCC1. The van der Waals surface area contributed by atoms with E-state index >= 15 is 0 Å². The molecule has 1 saturated carbocycles. The molecule has 5 nitrogen and oxygen atoms in total. The van der Waals surface area contributed by atoms with E-state index in [2.05, 4.69) is 5.32 Å². The van der Waals surface area contributed by atoms with Crippen molar-refractivity contribution in [3.63, 3.8) is 0 Å². The van der Waals surface area contributed by atoms with Crippen LogP contribution in [-0.4, -0.2) is 30.6 Å². The Morgan fingerprint density at radius 2 is 1.83 bits per heavy atom. The minimum Gasteiger partial charge on any atom is -0.496 e. The van der Waals surface area contributed by atoms with Crippen LogP contribution in [0.25, 0.3) is 0 Å². The second kappa shape index (κ2) is 7.24. The molecule has 0 heterocycles. The molecule has 0 saturated heterocycles. The fourth-order valence-corrected chi connectivity index (χ4v) is 3.45. The van der Waals surface area contributed by atoms with Gasteiger partial charge in [0.15, 0.2) is 0 Å². The fourth-order valence-electron chi connectivity index (χ4n) is 3.45. The average Bonchev–Trinajstić information content (AvgIpc) is 2.60. The molecule has 24 heavy (non-hydrogen) atoms. The van der Waals surface area contributed by atoms with E-state index in [4.69, 9.17) is 4.74 Å². The molecule has 1 aliphatic carbocycles. The number of aliphatic carboxylic acids is 1. The highest BCUT2D eigenvalue weighted by atomic mass is 16.5. The minimum atomic E-state index is -0.829. The number of hydrogen-bond acceptors (Lipinski definition) is 3. The van der Waals surface area contributed by atoms with Gasteiger partial charge in [0.25, 0.3) is 0 Å². The van der Waals surface area contributed by atoms with Crippen molar-refractivity contribution >= 4 is 11.9 Å². The van der Waals surface area contributed by atoms with Crippen LogP contribution < -0.4 is 10.1 Å². The number of carboxylic acid groups (broad SMARTS) is 1. The van der Waals surface area contributed by atoms with E-state index in [9.17, 15) is 14.7 Å². The first-order valence-electron chi connectivity index (χ1n) is 8.49. The van der Waals surface area contributed by atoms with Gasteiger partial charge in [-0.3, -0.25) is 9.59 Å². The number of carbonyl (C=O) groups excluding carboxylic acids is 1. The molecule has 0 aliphatic heterocycles. The number of rotatable bonds is 6. The molecule has 0 atom stereocenters. The molecule has 0 radical (unpaired) electrons. The summed E-state index contributed by atoms with van der Waals surface area (Å²) in [7, 11) is 1.58. The predicted octanol–water partition coefficient (Wildman–Crippen LogP) is 3.12. The Labute approximate surface area is 143 Å². The number of methoxy groups -OCH3 is 1. The fraction of sp³-hybridized carbons (Fsp3) is 0.579. The zero-order valence-corrected chi connectivity index (χ0v) is 14.7. The van der Waals surface area contributed by atoms with Crippen molar-refractivity contribution in [2.75, 3.05) is 13.7 Å². The van der Waals surface area contributed by atoms with Crippen LogP contribution in [0, 0.1) is 5.41 Å². The monoisotopic (exact) mass is 333 g/mol. The van der Waals surface area contributed by atoms with Crippen LogP contribution in [0.4, 0.5) is 0 Å². The van der Waals surface area contributed by atoms with E-state index in [0.717, 1.165) is 24.8 Å². The summed E-state index contributed by atoms with van der Waals surface area (Å²) in [5.41, 5.74) is -0.843. The van der Waals surface area contributed by atoms with Gasteiger partial charge in [0, 0.05) is 12.1 Å². The topological polar surface area (TPSA) is 75.6 Å². The molecule has 1 aliphatic rings. The molecular weight excluding hydrogens is 306 g/mol. The average molecular weight is 333 g/mol. The number of amides is 1. The third-order valence-electron chi connectivity index (χ3n) is 5.20. The Bertz CT molecular complexity index is 603. The molecule has 1 aromatic rings. The van der Waals surface area contributed by atoms with Gasteiger partial charge >= 0.3 is 5.97 Å². The van der Waals surface area contributed by atoms with Crippen molar-refractivity contribution in [2.24, 2.45) is 5.41 Å². The molecule has 0 bridgehead atoms. The van der Waals surface area contributed by atoms with Crippen LogP contribution in [-0.2, 0) is 15.0 Å². The van der Waals surface area contributed by atoms with Crippen molar-refractivity contribution in [1.29, 1.82) is 0 Å². The predicted molar refractivity (Wildman–Crippen MR) is 92.2 cm³/mol. The second-order valence-electron chi connectivity index (χ2n) is 7.15. The smallest absolute Gasteiger partial charge is 0.311 e. The Balaban J connectivity index is 2.14. The van der Waals surface area contributed by atoms with Crippen LogP contribution >= 0.6 is 0 Å². The summed E-state index contributed by atoms with van der Waals surface area (Å²) in [5, 5.41) is 12.5. The number of carboxylic acids is 1. The Hall–Kier alpha value is -2.04. The Morgan fingerprint density at radius 3 is 2.42 bits per heavy atom. The zero-order chi connectivity index (χ0) is 17.8. The minimum absolute atomic E-state index is 0.180. The highest BCUT2D eigenvalue weighted by Crippen LogP contribution is 2.37. The van der Waals surface area contributed by atoms with Gasteiger partial charge in [0.1, 0.15) is 5.75 Å². The molecular formula is C19H27NO4. The number of ether oxygens (including phenoxy) is 1. The van der Waals surface area contributed by atoms with Crippen LogP contribution in [0.1, 0.15) is 51.5 Å². The van der Waals surface area contributed by atoms with Crippen molar-refractivity contribution in [3.05, 3.63) is 29.8 Å². The lowest BCUT2D eigenvalue weighted by Gasteiger charge is -2.34. The summed E-state index contributed by atoms with van der Waals surface area (Å²) < 4.78 is 5.36. The molecule has 0 spiro atoms. The third kappa shape index (κ3) is 3.55. The maximum atomic E-state index is 12.8. The van der Waals surface area contributed by atoms with Gasteiger partial charge in [0.2, 0.25) is 5.91 Å². The molecule has 2 rings (SSSR count). The Kier molecular flexibility index (Phi) is 5.52. The third-order valence-corrected chi connectivity index (χ3v) is 5.20. The van der Waals surface area contributed by atoms with Gasteiger partial charge in [-0.05, 0) is 32.8 Å². The first-order valence-corrected chi connectivity index (χ1v) is 8.49. The largest absolute Gasteiger partial charge is 0.496 e. The van der Waals surface area contributed by atoms with Gasteiger partial charge in [-0.15, -0.1) is 0 Å².